The number of para-hydroxylation sites is 1. The minimum Gasteiger partial charge on any atom is -0.494 e. The van der Waals surface area contributed by atoms with Crippen LogP contribution >= 0.6 is 0 Å². The monoisotopic (exact) mass is 730 g/mol. The summed E-state index contributed by atoms with van der Waals surface area (Å²) in [6, 6.07) is 2.26. The highest BCUT2D eigenvalue weighted by Crippen LogP contribution is 2.27. The Kier molecular flexibility index (Phi) is 15.4. The number of ether oxygens (including phenoxy) is 1. The quantitative estimate of drug-likeness (QED) is 0.203. The fourth-order valence-electron chi connectivity index (χ4n) is 5.50. The molecule has 1 aromatic carbocycles. The van der Waals surface area contributed by atoms with Gasteiger partial charge in [0, 0.05) is 39.1 Å². The molecular formula is C34H56F2N6O7S. The molecule has 16 heteroatoms. The number of nitrogens with zero attached hydrogens (tertiary/aromatic N) is 2. The Bertz CT molecular complexity index is 1430. The summed E-state index contributed by atoms with van der Waals surface area (Å²) >= 11 is 0. The molecule has 1 fully saturated rings. The van der Waals surface area contributed by atoms with E-state index in [4.69, 9.17) is 4.74 Å². The van der Waals surface area contributed by atoms with Crippen LogP contribution in [0.15, 0.2) is 24.3 Å². The standard InChI is InChI=1S/C34H56F2N6O7S/c1-10-49-25-16-12-11-14-22(25)17-18-37-29(43)23(20-27(35)36)38-30(44)24-15-13-19-42(24)31(45)28(34(5,6)7)40-32(46)39-26(33(2,3)4)21-41(8)50(9,47)48/h11-12,14,16,23-24,26-28H,10,13,15,17-21H2,1-9H3,(H,37,43)(H,38,44)(H2,39,40,46)/t23-,24-,26+,28+/m0/s1. The zero-order valence-corrected chi connectivity index (χ0v) is 31.6. The summed E-state index contributed by atoms with van der Waals surface area (Å²) in [6.07, 6.45) is -1.67. The number of hydrogen-bond acceptors (Lipinski definition) is 7. The molecule has 0 saturated carbocycles. The number of carbonyl (C=O) groups excluding carboxylic acids is 4. The number of likely N-dealkylation sites (tertiary alicyclic amines) is 1. The Morgan fingerprint density at radius 3 is 2.22 bits per heavy atom. The van der Waals surface area contributed by atoms with Crippen LogP contribution in [0.3, 0.4) is 0 Å². The van der Waals surface area contributed by atoms with Gasteiger partial charge in [0.05, 0.1) is 12.9 Å². The molecule has 0 bridgehead atoms. The number of carbonyl (C=O) groups is 4. The van der Waals surface area contributed by atoms with Crippen LogP contribution in [-0.2, 0) is 30.8 Å². The Morgan fingerprint density at radius 1 is 1.02 bits per heavy atom. The van der Waals surface area contributed by atoms with Gasteiger partial charge in [0.2, 0.25) is 34.2 Å². The van der Waals surface area contributed by atoms with Crippen molar-refractivity contribution < 1.29 is 41.1 Å². The van der Waals surface area contributed by atoms with E-state index in [1.165, 1.54) is 11.9 Å². The van der Waals surface area contributed by atoms with Crippen molar-refractivity contribution in [3.63, 3.8) is 0 Å². The highest BCUT2D eigenvalue weighted by molar-refractivity contribution is 7.88. The normalized spacial score (nSPS) is 17.2. The van der Waals surface area contributed by atoms with Crippen LogP contribution in [0.4, 0.5) is 13.6 Å². The lowest BCUT2D eigenvalue weighted by Crippen LogP contribution is -2.62. The minimum absolute atomic E-state index is 0.00776. The summed E-state index contributed by atoms with van der Waals surface area (Å²) in [4.78, 5) is 55.1. The molecule has 50 heavy (non-hydrogen) atoms. The second-order valence-corrected chi connectivity index (χ2v) is 16.9. The smallest absolute Gasteiger partial charge is 0.315 e. The molecule has 0 aromatic heterocycles. The predicted octanol–water partition coefficient (Wildman–Crippen LogP) is 2.90. The number of sulfonamides is 1. The van der Waals surface area contributed by atoms with Gasteiger partial charge in [-0.1, -0.05) is 59.7 Å². The largest absolute Gasteiger partial charge is 0.494 e. The lowest BCUT2D eigenvalue weighted by Gasteiger charge is -2.37. The summed E-state index contributed by atoms with van der Waals surface area (Å²) in [7, 11) is -2.12. The Balaban J connectivity index is 2.16. The molecule has 2 rings (SSSR count). The summed E-state index contributed by atoms with van der Waals surface area (Å²) < 4.78 is 58.0. The van der Waals surface area contributed by atoms with E-state index < -0.39 is 81.6 Å². The van der Waals surface area contributed by atoms with Crippen molar-refractivity contribution >= 4 is 33.8 Å². The van der Waals surface area contributed by atoms with Crippen LogP contribution in [0.1, 0.15) is 73.3 Å². The number of alkyl halides is 2. The fraction of sp³-hybridized carbons (Fsp3) is 0.706. The first kappa shape index (κ1) is 42.6. The van der Waals surface area contributed by atoms with E-state index in [1.807, 2.05) is 45.9 Å². The molecule has 13 nitrogen and oxygen atoms in total. The first-order valence-corrected chi connectivity index (χ1v) is 18.8. The lowest BCUT2D eigenvalue weighted by molar-refractivity contribution is -0.142. The maximum atomic E-state index is 14.0. The van der Waals surface area contributed by atoms with Gasteiger partial charge in [-0.05, 0) is 48.6 Å². The van der Waals surface area contributed by atoms with Gasteiger partial charge < -0.3 is 30.9 Å². The molecule has 4 atom stereocenters. The molecule has 0 spiro atoms. The first-order chi connectivity index (χ1) is 23.1. The average molecular weight is 731 g/mol. The number of rotatable bonds is 16. The number of benzene rings is 1. The topological polar surface area (TPSA) is 166 Å². The fourth-order valence-corrected chi connectivity index (χ4v) is 5.92. The van der Waals surface area contributed by atoms with Crippen molar-refractivity contribution in [1.29, 1.82) is 0 Å². The molecule has 1 heterocycles. The second kappa shape index (κ2) is 18.1. The van der Waals surface area contributed by atoms with Gasteiger partial charge in [-0.3, -0.25) is 14.4 Å². The molecular weight excluding hydrogens is 674 g/mol. The second-order valence-electron chi connectivity index (χ2n) is 14.8. The maximum absolute atomic E-state index is 14.0. The number of halogens is 2. The molecule has 5 amide bonds. The van der Waals surface area contributed by atoms with Crippen LogP contribution in [0.2, 0.25) is 0 Å². The van der Waals surface area contributed by atoms with Crippen molar-refractivity contribution in [2.24, 2.45) is 10.8 Å². The van der Waals surface area contributed by atoms with E-state index in [0.29, 0.717) is 25.2 Å². The van der Waals surface area contributed by atoms with Crippen molar-refractivity contribution in [2.45, 2.75) is 105 Å². The minimum atomic E-state index is -3.53. The number of amides is 5. The third-order valence-corrected chi connectivity index (χ3v) is 9.88. The molecule has 1 aliphatic heterocycles. The van der Waals surface area contributed by atoms with Crippen molar-refractivity contribution in [3.05, 3.63) is 29.8 Å². The zero-order chi connectivity index (χ0) is 38.0. The van der Waals surface area contributed by atoms with E-state index in [0.717, 1.165) is 16.1 Å². The van der Waals surface area contributed by atoms with Gasteiger partial charge in [0.15, 0.2) is 0 Å². The molecule has 0 radical (unpaired) electrons. The number of urea groups is 1. The molecule has 0 unspecified atom stereocenters. The summed E-state index contributed by atoms with van der Waals surface area (Å²) in [6.45, 7) is 13.4. The van der Waals surface area contributed by atoms with E-state index in [1.54, 1.807) is 26.8 Å². The Labute approximate surface area is 295 Å². The highest BCUT2D eigenvalue weighted by Gasteiger charge is 2.43. The van der Waals surface area contributed by atoms with E-state index in [-0.39, 0.29) is 26.1 Å². The van der Waals surface area contributed by atoms with Crippen LogP contribution in [0.25, 0.3) is 0 Å². The van der Waals surface area contributed by atoms with Crippen LogP contribution in [0, 0.1) is 10.8 Å². The van der Waals surface area contributed by atoms with Gasteiger partial charge in [-0.25, -0.2) is 26.3 Å². The number of nitrogens with one attached hydrogen (secondary N) is 4. The Morgan fingerprint density at radius 2 is 1.66 bits per heavy atom. The van der Waals surface area contributed by atoms with Gasteiger partial charge in [-0.2, -0.15) is 0 Å². The van der Waals surface area contributed by atoms with Gasteiger partial charge >= 0.3 is 6.03 Å². The highest BCUT2D eigenvalue weighted by atomic mass is 32.2. The van der Waals surface area contributed by atoms with Crippen LogP contribution < -0.4 is 26.0 Å². The number of likely N-dealkylation sites (N-methyl/N-ethyl adjacent to an activating group) is 1. The number of hydrogen-bond donors (Lipinski definition) is 4. The molecule has 1 aromatic rings. The van der Waals surface area contributed by atoms with E-state index in [2.05, 4.69) is 21.3 Å². The SMILES string of the molecule is CCOc1ccccc1CCNC(=O)[C@H](CC(F)F)NC(=O)[C@@H]1CCCN1C(=O)[C@@H](NC(=O)N[C@H](CN(C)S(C)(=O)=O)C(C)(C)C)C(C)(C)C. The maximum Gasteiger partial charge on any atom is 0.315 e. The molecule has 0 aliphatic carbocycles. The molecule has 284 valence electrons. The van der Waals surface area contributed by atoms with Gasteiger partial charge in [0.25, 0.3) is 0 Å². The van der Waals surface area contributed by atoms with Crippen LogP contribution in [0.5, 0.6) is 5.75 Å². The average Bonchev–Trinajstić information content (AvgIpc) is 3.48. The Hall–Kier alpha value is -3.53. The van der Waals surface area contributed by atoms with Crippen molar-refractivity contribution in [3.8, 4) is 5.75 Å². The summed E-state index contributed by atoms with van der Waals surface area (Å²) in [5, 5.41) is 10.6. The van der Waals surface area contributed by atoms with Crippen LogP contribution in [-0.4, -0.2) is 112 Å². The molecule has 4 N–H and O–H groups in total. The van der Waals surface area contributed by atoms with E-state index >= 15 is 0 Å². The lowest BCUT2D eigenvalue weighted by atomic mass is 9.85. The van der Waals surface area contributed by atoms with Crippen molar-refractivity contribution in [1.82, 2.24) is 30.5 Å². The van der Waals surface area contributed by atoms with Gasteiger partial charge in [0.1, 0.15) is 23.9 Å². The van der Waals surface area contributed by atoms with Crippen molar-refractivity contribution in [2.75, 3.05) is 39.5 Å². The third-order valence-electron chi connectivity index (χ3n) is 8.60. The summed E-state index contributed by atoms with van der Waals surface area (Å²) in [5.74, 6) is -1.41. The van der Waals surface area contributed by atoms with Gasteiger partial charge in [-0.15, -0.1) is 0 Å². The molecule has 1 aliphatic rings. The predicted molar refractivity (Wildman–Crippen MR) is 187 cm³/mol. The van der Waals surface area contributed by atoms with E-state index in [9.17, 15) is 36.4 Å². The zero-order valence-electron chi connectivity index (χ0n) is 30.8. The first-order valence-electron chi connectivity index (χ1n) is 16.9. The molecule has 1 saturated heterocycles. The summed E-state index contributed by atoms with van der Waals surface area (Å²) in [5.41, 5.74) is -0.544. The third kappa shape index (κ3) is 13.0.